The molecule has 27 heavy (non-hydrogen) atoms. The van der Waals surface area contributed by atoms with E-state index in [0.29, 0.717) is 28.1 Å². The van der Waals surface area contributed by atoms with E-state index >= 15 is 0 Å². The van der Waals surface area contributed by atoms with Gasteiger partial charge in [-0.05, 0) is 36.9 Å². The van der Waals surface area contributed by atoms with Gasteiger partial charge in [0.2, 0.25) is 5.91 Å². The molecule has 8 heteroatoms. The number of hydrogen-bond donors (Lipinski definition) is 1. The minimum absolute atomic E-state index is 0.114. The highest BCUT2D eigenvalue weighted by molar-refractivity contribution is 7.12. The zero-order valence-corrected chi connectivity index (χ0v) is 15.7. The molecule has 0 spiro atoms. The largest absolute Gasteiger partial charge is 0.465 e. The number of nitrogens with one attached hydrogen (secondary N) is 1. The smallest absolute Gasteiger partial charge is 0.350 e. The molecule has 1 N–H and O–H groups in total. The molecular weight excluding hydrogens is 368 g/mol. The van der Waals surface area contributed by atoms with Crippen molar-refractivity contribution in [3.63, 3.8) is 0 Å². The summed E-state index contributed by atoms with van der Waals surface area (Å²) in [5, 5.41) is 4.34. The molecule has 0 unspecified atom stereocenters. The van der Waals surface area contributed by atoms with Gasteiger partial charge in [0.15, 0.2) is 0 Å². The average molecular weight is 386 g/mol. The van der Waals surface area contributed by atoms with Gasteiger partial charge in [-0.3, -0.25) is 19.3 Å². The molecule has 0 aliphatic carbocycles. The number of anilines is 1. The van der Waals surface area contributed by atoms with Gasteiger partial charge in [-0.15, -0.1) is 11.3 Å². The van der Waals surface area contributed by atoms with E-state index in [1.165, 1.54) is 23.3 Å². The molecule has 2 aromatic rings. The van der Waals surface area contributed by atoms with E-state index in [1.54, 1.807) is 29.6 Å². The van der Waals surface area contributed by atoms with Crippen molar-refractivity contribution < 1.29 is 23.9 Å². The second-order valence-corrected chi connectivity index (χ2v) is 7.03. The predicted octanol–water partition coefficient (Wildman–Crippen LogP) is 2.86. The number of aryl methyl sites for hydroxylation is 1. The van der Waals surface area contributed by atoms with Crippen molar-refractivity contribution in [1.29, 1.82) is 0 Å². The van der Waals surface area contributed by atoms with Gasteiger partial charge in [0.05, 0.1) is 23.9 Å². The van der Waals surface area contributed by atoms with Gasteiger partial charge < -0.3 is 10.1 Å². The van der Waals surface area contributed by atoms with E-state index in [9.17, 15) is 19.2 Å². The standard InChI is InChI=1S/C19H18N2O5S/c1-11-5-6-12-13(10-11)18(24)21(17(12)23)8-3-4-15(22)20-14-7-9-27-16(14)19(25)26-2/h5-7,9-10H,3-4,8H2,1-2H3,(H,20,22). The Morgan fingerprint density at radius 1 is 1.15 bits per heavy atom. The Labute approximate surface area is 159 Å². The first-order valence-corrected chi connectivity index (χ1v) is 9.23. The van der Waals surface area contributed by atoms with Crippen molar-refractivity contribution in [3.8, 4) is 0 Å². The summed E-state index contributed by atoms with van der Waals surface area (Å²) in [7, 11) is 1.28. The van der Waals surface area contributed by atoms with Crippen LogP contribution < -0.4 is 5.32 Å². The minimum Gasteiger partial charge on any atom is -0.465 e. The Bertz CT molecular complexity index is 934. The van der Waals surface area contributed by atoms with Crippen LogP contribution in [0.2, 0.25) is 0 Å². The molecule has 3 rings (SSSR count). The molecule has 7 nitrogen and oxygen atoms in total. The maximum absolute atomic E-state index is 12.4. The van der Waals surface area contributed by atoms with Crippen LogP contribution in [0, 0.1) is 6.92 Å². The number of thiophene rings is 1. The Morgan fingerprint density at radius 2 is 1.89 bits per heavy atom. The number of fused-ring (bicyclic) bond motifs is 1. The molecule has 0 saturated carbocycles. The van der Waals surface area contributed by atoms with Crippen LogP contribution >= 0.6 is 11.3 Å². The van der Waals surface area contributed by atoms with Gasteiger partial charge in [-0.1, -0.05) is 11.6 Å². The number of esters is 1. The number of hydrogen-bond acceptors (Lipinski definition) is 6. The fourth-order valence-corrected chi connectivity index (χ4v) is 3.64. The molecular formula is C19H18N2O5S. The molecule has 1 aromatic carbocycles. The van der Waals surface area contributed by atoms with Gasteiger partial charge in [0.25, 0.3) is 11.8 Å². The summed E-state index contributed by atoms with van der Waals surface area (Å²) in [6.07, 6.45) is 0.441. The average Bonchev–Trinajstić information content (AvgIpc) is 3.19. The highest BCUT2D eigenvalue weighted by atomic mass is 32.1. The van der Waals surface area contributed by atoms with Crippen LogP contribution in [0.15, 0.2) is 29.6 Å². The van der Waals surface area contributed by atoms with Crippen LogP contribution in [-0.4, -0.2) is 42.2 Å². The van der Waals surface area contributed by atoms with Crippen LogP contribution in [0.25, 0.3) is 0 Å². The zero-order chi connectivity index (χ0) is 19.6. The number of nitrogens with zero attached hydrogens (tertiary/aromatic N) is 1. The van der Waals surface area contributed by atoms with Crippen molar-refractivity contribution in [2.75, 3.05) is 19.0 Å². The number of benzene rings is 1. The summed E-state index contributed by atoms with van der Waals surface area (Å²) < 4.78 is 4.67. The van der Waals surface area contributed by atoms with Crippen molar-refractivity contribution in [1.82, 2.24) is 4.90 Å². The number of amides is 3. The normalized spacial score (nSPS) is 12.9. The monoisotopic (exact) mass is 386 g/mol. The van der Waals surface area contributed by atoms with E-state index < -0.39 is 5.97 Å². The van der Waals surface area contributed by atoms with Gasteiger partial charge in [-0.25, -0.2) is 4.79 Å². The number of rotatable bonds is 6. The molecule has 140 valence electrons. The lowest BCUT2D eigenvalue weighted by atomic mass is 10.1. The van der Waals surface area contributed by atoms with Gasteiger partial charge in [0.1, 0.15) is 4.88 Å². The fraction of sp³-hybridized carbons (Fsp3) is 0.263. The number of ether oxygens (including phenoxy) is 1. The Hall–Kier alpha value is -3.00. The third kappa shape index (κ3) is 3.75. The van der Waals surface area contributed by atoms with E-state index in [0.717, 1.165) is 5.56 Å². The third-order valence-electron chi connectivity index (χ3n) is 4.22. The highest BCUT2D eigenvalue weighted by Crippen LogP contribution is 2.25. The lowest BCUT2D eigenvalue weighted by Gasteiger charge is -2.13. The predicted molar refractivity (Wildman–Crippen MR) is 100 cm³/mol. The zero-order valence-electron chi connectivity index (χ0n) is 14.9. The van der Waals surface area contributed by atoms with Crippen LogP contribution in [0.4, 0.5) is 5.69 Å². The van der Waals surface area contributed by atoms with Crippen molar-refractivity contribution in [2.45, 2.75) is 19.8 Å². The molecule has 0 bridgehead atoms. The SMILES string of the molecule is COC(=O)c1sccc1NC(=O)CCCN1C(=O)c2ccc(C)cc2C1=O. The number of imide groups is 1. The first-order valence-electron chi connectivity index (χ1n) is 8.35. The quantitative estimate of drug-likeness (QED) is 0.609. The topological polar surface area (TPSA) is 92.8 Å². The van der Waals surface area contributed by atoms with Gasteiger partial charge in [0, 0.05) is 13.0 Å². The van der Waals surface area contributed by atoms with Crippen molar-refractivity contribution >= 4 is 40.7 Å². The molecule has 3 amide bonds. The van der Waals surface area contributed by atoms with Crippen LogP contribution in [0.3, 0.4) is 0 Å². The lowest BCUT2D eigenvalue weighted by Crippen LogP contribution is -2.31. The third-order valence-corrected chi connectivity index (χ3v) is 5.12. The van der Waals surface area contributed by atoms with Crippen molar-refractivity contribution in [3.05, 3.63) is 51.2 Å². The molecule has 0 radical (unpaired) electrons. The van der Waals surface area contributed by atoms with Gasteiger partial charge in [-0.2, -0.15) is 0 Å². The maximum Gasteiger partial charge on any atom is 0.350 e. The molecule has 0 fully saturated rings. The van der Waals surface area contributed by atoms with E-state index in [2.05, 4.69) is 10.1 Å². The van der Waals surface area contributed by atoms with Crippen LogP contribution in [-0.2, 0) is 9.53 Å². The molecule has 0 atom stereocenters. The minimum atomic E-state index is -0.512. The number of carbonyl (C=O) groups is 4. The van der Waals surface area contributed by atoms with E-state index in [1.807, 2.05) is 6.92 Å². The van der Waals surface area contributed by atoms with Gasteiger partial charge >= 0.3 is 5.97 Å². The number of methoxy groups -OCH3 is 1. The summed E-state index contributed by atoms with van der Waals surface area (Å²) >= 11 is 1.18. The summed E-state index contributed by atoms with van der Waals surface area (Å²) in [6.45, 7) is 2.02. The first kappa shape index (κ1) is 18.8. The van der Waals surface area contributed by atoms with Crippen LogP contribution in [0.5, 0.6) is 0 Å². The molecule has 1 aliphatic heterocycles. The van der Waals surface area contributed by atoms with E-state index in [4.69, 9.17) is 0 Å². The fourth-order valence-electron chi connectivity index (χ4n) is 2.88. The second kappa shape index (κ2) is 7.71. The lowest BCUT2D eigenvalue weighted by molar-refractivity contribution is -0.116. The Kier molecular flexibility index (Phi) is 5.36. The Balaban J connectivity index is 1.56. The maximum atomic E-state index is 12.4. The summed E-state index contributed by atoms with van der Waals surface area (Å²) in [4.78, 5) is 50.0. The van der Waals surface area contributed by atoms with Crippen LogP contribution in [0.1, 0.15) is 48.8 Å². The Morgan fingerprint density at radius 3 is 2.63 bits per heavy atom. The number of carbonyl (C=O) groups excluding carboxylic acids is 4. The summed E-state index contributed by atoms with van der Waals surface area (Å²) in [5.74, 6) is -1.47. The molecule has 0 saturated heterocycles. The highest BCUT2D eigenvalue weighted by Gasteiger charge is 2.34. The molecule has 1 aliphatic rings. The second-order valence-electron chi connectivity index (χ2n) is 6.12. The summed E-state index contributed by atoms with van der Waals surface area (Å²) in [6, 6.07) is 6.78. The molecule has 2 heterocycles. The summed E-state index contributed by atoms with van der Waals surface area (Å²) in [5.41, 5.74) is 2.11. The first-order chi connectivity index (χ1) is 12.9. The van der Waals surface area contributed by atoms with E-state index in [-0.39, 0.29) is 30.7 Å². The van der Waals surface area contributed by atoms with Crippen molar-refractivity contribution in [2.24, 2.45) is 0 Å². The molecule has 1 aromatic heterocycles.